The van der Waals surface area contributed by atoms with Crippen LogP contribution in [0.4, 0.5) is 0 Å². The minimum atomic E-state index is 0.481. The molecule has 0 amide bonds. The summed E-state index contributed by atoms with van der Waals surface area (Å²) in [5, 5.41) is 0. The fourth-order valence-corrected chi connectivity index (χ4v) is 1.27. The van der Waals surface area contributed by atoms with Gasteiger partial charge in [0.1, 0.15) is 0 Å². The van der Waals surface area contributed by atoms with Crippen LogP contribution in [0.3, 0.4) is 0 Å². The first-order chi connectivity index (χ1) is 5.74. The van der Waals surface area contributed by atoms with Crippen molar-refractivity contribution >= 4 is 0 Å². The first kappa shape index (κ1) is 8.87. The van der Waals surface area contributed by atoms with Gasteiger partial charge in [0.25, 0.3) is 0 Å². The van der Waals surface area contributed by atoms with Gasteiger partial charge in [0.15, 0.2) is 0 Å². The van der Waals surface area contributed by atoms with Crippen molar-refractivity contribution in [2.24, 2.45) is 0 Å². The Hall–Kier alpha value is -1.22. The molecule has 0 saturated carbocycles. The summed E-state index contributed by atoms with van der Waals surface area (Å²) in [5.41, 5.74) is 2.64. The Balaban J connectivity index is 2.82. The maximum absolute atomic E-state index is 5.25. The highest BCUT2D eigenvalue weighted by atomic mass is 14.1. The van der Waals surface area contributed by atoms with E-state index < -0.39 is 0 Å². The van der Waals surface area contributed by atoms with E-state index in [9.17, 15) is 0 Å². The predicted octanol–water partition coefficient (Wildman–Crippen LogP) is 3.12. The van der Waals surface area contributed by atoms with Crippen LogP contribution in [0.1, 0.15) is 30.4 Å². The van der Waals surface area contributed by atoms with Crippen LogP contribution in [0, 0.1) is 19.3 Å². The Morgan fingerprint density at radius 3 is 2.83 bits per heavy atom. The lowest BCUT2D eigenvalue weighted by molar-refractivity contribution is 0.795. The van der Waals surface area contributed by atoms with Crippen LogP contribution >= 0.6 is 0 Å². The molecule has 0 nitrogen and oxygen atoms in total. The summed E-state index contributed by atoms with van der Waals surface area (Å²) in [6, 6.07) is 8.51. The topological polar surface area (TPSA) is 0 Å². The summed E-state index contributed by atoms with van der Waals surface area (Å²) in [7, 11) is 0. The zero-order chi connectivity index (χ0) is 8.97. The maximum Gasteiger partial charge on any atom is 0.0152 e. The van der Waals surface area contributed by atoms with Crippen molar-refractivity contribution in [1.82, 2.24) is 0 Å². The number of rotatable bonds is 2. The second-order valence-corrected chi connectivity index (χ2v) is 3.22. The first-order valence-corrected chi connectivity index (χ1v) is 4.24. The normalized spacial score (nSPS) is 12.1. The number of terminal acetylenes is 1. The van der Waals surface area contributed by atoms with E-state index in [1.54, 1.807) is 0 Å². The van der Waals surface area contributed by atoms with E-state index in [-0.39, 0.29) is 0 Å². The molecule has 0 N–H and O–H groups in total. The molecule has 0 aliphatic carbocycles. The SMILES string of the molecule is C#CCC(C)c1cccc(C)c1. The smallest absolute Gasteiger partial charge is 0.0152 e. The van der Waals surface area contributed by atoms with Crippen LogP contribution < -0.4 is 0 Å². The third-order valence-electron chi connectivity index (χ3n) is 2.04. The van der Waals surface area contributed by atoms with Gasteiger partial charge in [-0.25, -0.2) is 0 Å². The van der Waals surface area contributed by atoms with Gasteiger partial charge in [0, 0.05) is 6.42 Å². The van der Waals surface area contributed by atoms with Gasteiger partial charge in [-0.3, -0.25) is 0 Å². The molecule has 12 heavy (non-hydrogen) atoms. The summed E-state index contributed by atoms with van der Waals surface area (Å²) >= 11 is 0. The second-order valence-electron chi connectivity index (χ2n) is 3.22. The summed E-state index contributed by atoms with van der Waals surface area (Å²) in [6.07, 6.45) is 6.08. The molecule has 0 radical (unpaired) electrons. The highest BCUT2D eigenvalue weighted by Gasteiger charge is 2.02. The van der Waals surface area contributed by atoms with E-state index in [0.29, 0.717) is 5.92 Å². The van der Waals surface area contributed by atoms with Gasteiger partial charge in [-0.15, -0.1) is 12.3 Å². The van der Waals surface area contributed by atoms with E-state index in [1.807, 2.05) is 0 Å². The van der Waals surface area contributed by atoms with Crippen molar-refractivity contribution < 1.29 is 0 Å². The van der Waals surface area contributed by atoms with Gasteiger partial charge in [-0.1, -0.05) is 36.8 Å². The zero-order valence-corrected chi connectivity index (χ0v) is 7.67. The van der Waals surface area contributed by atoms with Gasteiger partial charge >= 0.3 is 0 Å². The molecule has 0 fully saturated rings. The fourth-order valence-electron chi connectivity index (χ4n) is 1.27. The van der Waals surface area contributed by atoms with Crippen molar-refractivity contribution in [1.29, 1.82) is 0 Å². The summed E-state index contributed by atoms with van der Waals surface area (Å²) < 4.78 is 0. The van der Waals surface area contributed by atoms with Gasteiger partial charge < -0.3 is 0 Å². The van der Waals surface area contributed by atoms with E-state index in [2.05, 4.69) is 44.0 Å². The fraction of sp³-hybridized carbons (Fsp3) is 0.333. The molecule has 0 spiro atoms. The molecule has 0 aliphatic rings. The Bertz CT molecular complexity index is 291. The third-order valence-corrected chi connectivity index (χ3v) is 2.04. The average Bonchev–Trinajstić information content (AvgIpc) is 2.05. The van der Waals surface area contributed by atoms with Gasteiger partial charge in [-0.05, 0) is 18.4 Å². The summed E-state index contributed by atoms with van der Waals surface area (Å²) in [5.74, 6) is 3.17. The lowest BCUT2D eigenvalue weighted by Gasteiger charge is -2.08. The van der Waals surface area contributed by atoms with Crippen molar-refractivity contribution in [3.05, 3.63) is 35.4 Å². The van der Waals surface area contributed by atoms with Crippen LogP contribution in [0.5, 0.6) is 0 Å². The lowest BCUT2D eigenvalue weighted by atomic mass is 9.97. The molecule has 1 aromatic carbocycles. The molecule has 0 heteroatoms. The predicted molar refractivity (Wildman–Crippen MR) is 53.0 cm³/mol. The molecular weight excluding hydrogens is 144 g/mol. The van der Waals surface area contributed by atoms with Gasteiger partial charge in [0.05, 0.1) is 0 Å². The van der Waals surface area contributed by atoms with Crippen LogP contribution in [0.25, 0.3) is 0 Å². The molecule has 62 valence electrons. The molecule has 0 aliphatic heterocycles. The molecule has 0 heterocycles. The third kappa shape index (κ3) is 2.13. The van der Waals surface area contributed by atoms with Crippen molar-refractivity contribution in [2.75, 3.05) is 0 Å². The minimum absolute atomic E-state index is 0.481. The number of hydrogen-bond donors (Lipinski definition) is 0. The van der Waals surface area contributed by atoms with Crippen LogP contribution in [-0.4, -0.2) is 0 Å². The Morgan fingerprint density at radius 2 is 2.25 bits per heavy atom. The first-order valence-electron chi connectivity index (χ1n) is 4.24. The molecule has 1 aromatic rings. The van der Waals surface area contributed by atoms with Crippen molar-refractivity contribution in [3.8, 4) is 12.3 Å². The number of benzene rings is 1. The van der Waals surface area contributed by atoms with Crippen molar-refractivity contribution in [2.45, 2.75) is 26.2 Å². The molecule has 1 atom stereocenters. The standard InChI is InChI=1S/C12H14/c1-4-6-11(3)12-8-5-7-10(2)9-12/h1,5,7-9,11H,6H2,2-3H3. The van der Waals surface area contributed by atoms with E-state index in [0.717, 1.165) is 6.42 Å². The summed E-state index contributed by atoms with van der Waals surface area (Å²) in [6.45, 7) is 4.26. The highest BCUT2D eigenvalue weighted by Crippen LogP contribution is 2.18. The van der Waals surface area contributed by atoms with Crippen LogP contribution in [-0.2, 0) is 0 Å². The average molecular weight is 158 g/mol. The second kappa shape index (κ2) is 3.97. The molecule has 0 aromatic heterocycles. The Kier molecular flexibility index (Phi) is 2.94. The Labute approximate surface area is 74.6 Å². The number of hydrogen-bond acceptors (Lipinski definition) is 0. The molecule has 0 saturated heterocycles. The zero-order valence-electron chi connectivity index (χ0n) is 7.67. The molecule has 1 unspecified atom stereocenters. The lowest BCUT2D eigenvalue weighted by Crippen LogP contribution is -1.91. The van der Waals surface area contributed by atoms with Crippen LogP contribution in [0.2, 0.25) is 0 Å². The van der Waals surface area contributed by atoms with E-state index >= 15 is 0 Å². The van der Waals surface area contributed by atoms with E-state index in [4.69, 9.17) is 6.42 Å². The quantitative estimate of drug-likeness (QED) is 0.580. The highest BCUT2D eigenvalue weighted by molar-refractivity contribution is 5.25. The monoisotopic (exact) mass is 158 g/mol. The molecule has 1 rings (SSSR count). The van der Waals surface area contributed by atoms with Gasteiger partial charge in [0.2, 0.25) is 0 Å². The van der Waals surface area contributed by atoms with Crippen LogP contribution in [0.15, 0.2) is 24.3 Å². The minimum Gasteiger partial charge on any atom is -0.120 e. The van der Waals surface area contributed by atoms with E-state index in [1.165, 1.54) is 11.1 Å². The molecular formula is C12H14. The molecule has 0 bridgehead atoms. The summed E-state index contributed by atoms with van der Waals surface area (Å²) in [4.78, 5) is 0. The largest absolute Gasteiger partial charge is 0.120 e. The number of aryl methyl sites for hydroxylation is 1. The van der Waals surface area contributed by atoms with Crippen molar-refractivity contribution in [3.63, 3.8) is 0 Å². The van der Waals surface area contributed by atoms with Gasteiger partial charge in [-0.2, -0.15) is 0 Å². The Morgan fingerprint density at radius 1 is 1.50 bits per heavy atom. The maximum atomic E-state index is 5.25.